The highest BCUT2D eigenvalue weighted by Gasteiger charge is 2.38. The first-order valence-corrected chi connectivity index (χ1v) is 9.36. The SMILES string of the molecule is CN1/C(=C\C=C2\C(=O)c3ccccc3C2=C(C#N)C#N)C(C)(C)c2ccccc21. The van der Waals surface area contributed by atoms with Crippen molar-refractivity contribution in [1.82, 2.24) is 0 Å². The molecular weight excluding hydrogens is 358 g/mol. The van der Waals surface area contributed by atoms with Gasteiger partial charge in [0.1, 0.15) is 17.7 Å². The van der Waals surface area contributed by atoms with Gasteiger partial charge in [-0.25, -0.2) is 0 Å². The number of nitrogens with zero attached hydrogens (tertiary/aromatic N) is 3. The number of carbonyl (C=O) groups is 1. The predicted octanol–water partition coefficient (Wildman–Crippen LogP) is 4.92. The fourth-order valence-electron chi connectivity index (χ4n) is 4.33. The molecule has 0 saturated heterocycles. The van der Waals surface area contributed by atoms with Crippen molar-refractivity contribution in [3.05, 3.63) is 94.2 Å². The highest BCUT2D eigenvalue weighted by atomic mass is 16.1. The van der Waals surface area contributed by atoms with Gasteiger partial charge in [-0.2, -0.15) is 10.5 Å². The van der Waals surface area contributed by atoms with Crippen LogP contribution in [0, 0.1) is 22.7 Å². The van der Waals surface area contributed by atoms with Crippen LogP contribution in [0.2, 0.25) is 0 Å². The van der Waals surface area contributed by atoms with E-state index in [4.69, 9.17) is 0 Å². The van der Waals surface area contributed by atoms with Crippen molar-refractivity contribution in [1.29, 1.82) is 10.5 Å². The van der Waals surface area contributed by atoms with Crippen LogP contribution >= 0.6 is 0 Å². The third kappa shape index (κ3) is 2.62. The summed E-state index contributed by atoms with van der Waals surface area (Å²) < 4.78 is 0. The van der Waals surface area contributed by atoms with Crippen LogP contribution in [0.1, 0.15) is 35.3 Å². The number of hydrogen-bond donors (Lipinski definition) is 0. The number of para-hydroxylation sites is 1. The lowest BCUT2D eigenvalue weighted by atomic mass is 9.83. The Morgan fingerprint density at radius 3 is 2.24 bits per heavy atom. The van der Waals surface area contributed by atoms with Gasteiger partial charge in [0, 0.05) is 40.6 Å². The molecule has 0 N–H and O–H groups in total. The zero-order valence-electron chi connectivity index (χ0n) is 16.5. The lowest BCUT2D eigenvalue weighted by Gasteiger charge is -2.23. The van der Waals surface area contributed by atoms with Gasteiger partial charge in [0.05, 0.1) is 0 Å². The second-order valence-corrected chi connectivity index (χ2v) is 7.68. The van der Waals surface area contributed by atoms with E-state index in [1.165, 1.54) is 5.56 Å². The van der Waals surface area contributed by atoms with E-state index in [0.29, 0.717) is 22.3 Å². The van der Waals surface area contributed by atoms with Gasteiger partial charge in [0.25, 0.3) is 0 Å². The third-order valence-corrected chi connectivity index (χ3v) is 5.78. The number of anilines is 1. The molecule has 1 aliphatic carbocycles. The molecule has 0 aromatic heterocycles. The van der Waals surface area contributed by atoms with Crippen molar-refractivity contribution in [2.24, 2.45) is 0 Å². The lowest BCUT2D eigenvalue weighted by Crippen LogP contribution is -2.22. The van der Waals surface area contributed by atoms with E-state index < -0.39 is 0 Å². The Bertz CT molecular complexity index is 1210. The molecule has 0 spiro atoms. The first-order chi connectivity index (χ1) is 13.9. The van der Waals surface area contributed by atoms with E-state index in [-0.39, 0.29) is 16.8 Å². The summed E-state index contributed by atoms with van der Waals surface area (Å²) >= 11 is 0. The molecule has 0 saturated carbocycles. The third-order valence-electron chi connectivity index (χ3n) is 5.78. The van der Waals surface area contributed by atoms with Crippen LogP contribution in [-0.4, -0.2) is 12.8 Å². The Balaban J connectivity index is 1.90. The number of Topliss-reactive ketones (excluding diaryl/α,β-unsaturated/α-hetero) is 1. The average molecular weight is 377 g/mol. The molecular formula is C25H19N3O. The number of carbonyl (C=O) groups excluding carboxylic acids is 1. The van der Waals surface area contributed by atoms with Crippen LogP contribution in [0.15, 0.2) is 77.5 Å². The summed E-state index contributed by atoms with van der Waals surface area (Å²) in [4.78, 5) is 15.2. The zero-order valence-corrected chi connectivity index (χ0v) is 16.5. The van der Waals surface area contributed by atoms with Crippen LogP contribution in [0.4, 0.5) is 5.69 Å². The Morgan fingerprint density at radius 2 is 1.59 bits per heavy atom. The molecule has 2 aliphatic rings. The molecule has 29 heavy (non-hydrogen) atoms. The maximum Gasteiger partial charge on any atom is 0.194 e. The van der Waals surface area contributed by atoms with Crippen molar-refractivity contribution >= 4 is 17.0 Å². The van der Waals surface area contributed by atoms with Crippen molar-refractivity contribution in [3.8, 4) is 12.1 Å². The van der Waals surface area contributed by atoms with Crippen molar-refractivity contribution in [3.63, 3.8) is 0 Å². The van der Waals surface area contributed by atoms with Crippen LogP contribution in [0.3, 0.4) is 0 Å². The Labute approximate surface area is 170 Å². The summed E-state index contributed by atoms with van der Waals surface area (Å²) in [5.74, 6) is -0.161. The van der Waals surface area contributed by atoms with Crippen LogP contribution in [0.25, 0.3) is 5.57 Å². The number of likely N-dealkylation sites (N-methyl/N-ethyl adjacent to an activating group) is 1. The minimum Gasteiger partial charge on any atom is -0.347 e. The number of rotatable bonds is 1. The molecule has 2 aromatic carbocycles. The molecule has 0 atom stereocenters. The van der Waals surface area contributed by atoms with Gasteiger partial charge in [-0.3, -0.25) is 4.79 Å². The highest BCUT2D eigenvalue weighted by molar-refractivity contribution is 6.27. The smallest absolute Gasteiger partial charge is 0.194 e. The Kier molecular flexibility index (Phi) is 4.22. The molecule has 140 valence electrons. The molecule has 0 bridgehead atoms. The van der Waals surface area contributed by atoms with Crippen LogP contribution < -0.4 is 4.90 Å². The maximum absolute atomic E-state index is 13.0. The summed E-state index contributed by atoms with van der Waals surface area (Å²) in [5, 5.41) is 18.9. The summed E-state index contributed by atoms with van der Waals surface area (Å²) in [6, 6.07) is 19.2. The molecule has 4 nitrogen and oxygen atoms in total. The first kappa shape index (κ1) is 18.5. The minimum atomic E-state index is -0.228. The van der Waals surface area contributed by atoms with Gasteiger partial charge < -0.3 is 4.90 Å². The van der Waals surface area contributed by atoms with Gasteiger partial charge in [-0.05, 0) is 29.3 Å². The number of allylic oxidation sites excluding steroid dienone is 6. The fraction of sp³-hybridized carbons (Fsp3) is 0.160. The molecule has 1 aliphatic heterocycles. The summed E-state index contributed by atoms with van der Waals surface area (Å²) in [5.41, 5.74) is 5.10. The van der Waals surface area contributed by atoms with Crippen LogP contribution in [0.5, 0.6) is 0 Å². The maximum atomic E-state index is 13.0. The number of fused-ring (bicyclic) bond motifs is 2. The van der Waals surface area contributed by atoms with E-state index in [1.807, 2.05) is 43.5 Å². The van der Waals surface area contributed by atoms with Crippen molar-refractivity contribution in [2.45, 2.75) is 19.3 Å². The number of nitriles is 2. The number of benzene rings is 2. The quantitative estimate of drug-likeness (QED) is 0.522. The monoisotopic (exact) mass is 377 g/mol. The fourth-order valence-corrected chi connectivity index (χ4v) is 4.33. The molecule has 0 unspecified atom stereocenters. The zero-order chi connectivity index (χ0) is 20.8. The molecule has 1 heterocycles. The lowest BCUT2D eigenvalue weighted by molar-refractivity contribution is 0.104. The van der Waals surface area contributed by atoms with Gasteiger partial charge in [-0.15, -0.1) is 0 Å². The highest BCUT2D eigenvalue weighted by Crippen LogP contribution is 2.47. The predicted molar refractivity (Wildman–Crippen MR) is 113 cm³/mol. The Morgan fingerprint density at radius 1 is 0.966 bits per heavy atom. The van der Waals surface area contributed by atoms with E-state index in [9.17, 15) is 15.3 Å². The molecule has 0 fully saturated rings. The first-order valence-electron chi connectivity index (χ1n) is 9.36. The molecule has 4 heteroatoms. The summed E-state index contributed by atoms with van der Waals surface area (Å²) in [6.45, 7) is 4.30. The summed E-state index contributed by atoms with van der Waals surface area (Å²) in [6.07, 6.45) is 3.69. The second-order valence-electron chi connectivity index (χ2n) is 7.68. The molecule has 0 amide bonds. The average Bonchev–Trinajstić information content (AvgIpc) is 3.11. The van der Waals surface area contributed by atoms with E-state index in [2.05, 4.69) is 30.9 Å². The van der Waals surface area contributed by atoms with Gasteiger partial charge in [-0.1, -0.05) is 56.3 Å². The van der Waals surface area contributed by atoms with Crippen molar-refractivity contribution < 1.29 is 4.79 Å². The van der Waals surface area contributed by atoms with Gasteiger partial charge in [0.15, 0.2) is 5.78 Å². The van der Waals surface area contributed by atoms with Gasteiger partial charge >= 0.3 is 0 Å². The molecule has 4 rings (SSSR count). The van der Waals surface area contributed by atoms with E-state index >= 15 is 0 Å². The summed E-state index contributed by atoms with van der Waals surface area (Å²) in [7, 11) is 2.01. The number of hydrogen-bond acceptors (Lipinski definition) is 4. The van der Waals surface area contributed by atoms with E-state index in [1.54, 1.807) is 24.3 Å². The topological polar surface area (TPSA) is 67.9 Å². The number of ketones is 1. The van der Waals surface area contributed by atoms with Crippen molar-refractivity contribution in [2.75, 3.05) is 11.9 Å². The minimum absolute atomic E-state index is 0.0460. The van der Waals surface area contributed by atoms with Gasteiger partial charge in [0.2, 0.25) is 0 Å². The molecule has 2 aromatic rings. The normalized spacial score (nSPS) is 19.1. The largest absolute Gasteiger partial charge is 0.347 e. The van der Waals surface area contributed by atoms with E-state index in [0.717, 1.165) is 11.4 Å². The second kappa shape index (κ2) is 6.62. The Hall–Kier alpha value is -3.89. The van der Waals surface area contributed by atoms with Crippen LogP contribution in [-0.2, 0) is 5.41 Å². The standard InChI is InChI=1S/C25H19N3O/c1-25(2)20-10-6-7-11-21(20)28(3)22(25)13-12-19-23(16(14-26)15-27)17-8-4-5-9-18(17)24(19)29/h4-13H,1-3H3/b19-12+,22-13-. The molecule has 0 radical (unpaired) electrons.